The van der Waals surface area contributed by atoms with Crippen LogP contribution in [-0.4, -0.2) is 22.0 Å². The van der Waals surface area contributed by atoms with E-state index in [1.807, 2.05) is 35.2 Å². The third-order valence-electron chi connectivity index (χ3n) is 5.91. The summed E-state index contributed by atoms with van der Waals surface area (Å²) in [5.74, 6) is 1.18. The highest BCUT2D eigenvalue weighted by Gasteiger charge is 2.35. The number of fused-ring (bicyclic) bond motifs is 1. The molecule has 2 heterocycles. The van der Waals surface area contributed by atoms with E-state index in [0.717, 1.165) is 33.6 Å². The van der Waals surface area contributed by atoms with Gasteiger partial charge in [-0.1, -0.05) is 48.5 Å². The Morgan fingerprint density at radius 3 is 2.57 bits per heavy atom. The molecule has 5 heteroatoms. The number of imidazole rings is 1. The van der Waals surface area contributed by atoms with Crippen molar-refractivity contribution in [1.82, 2.24) is 9.55 Å². The van der Waals surface area contributed by atoms with Crippen LogP contribution in [0.3, 0.4) is 0 Å². The van der Waals surface area contributed by atoms with E-state index in [1.54, 1.807) is 0 Å². The molecule has 0 spiro atoms. The smallest absolute Gasteiger partial charge is 0.227 e. The molecule has 1 atom stereocenters. The van der Waals surface area contributed by atoms with Crippen LogP contribution in [0.15, 0.2) is 77.3 Å². The molecule has 3 aromatic carbocycles. The van der Waals surface area contributed by atoms with Crippen molar-refractivity contribution in [3.8, 4) is 0 Å². The highest BCUT2D eigenvalue weighted by atomic mass is 79.9. The molecule has 0 bridgehead atoms. The van der Waals surface area contributed by atoms with Gasteiger partial charge in [0.2, 0.25) is 5.91 Å². The molecule has 1 aliphatic rings. The summed E-state index contributed by atoms with van der Waals surface area (Å²) in [6.07, 6.45) is 0.471. The Labute approximate surface area is 184 Å². The van der Waals surface area contributed by atoms with Gasteiger partial charge in [-0.25, -0.2) is 4.98 Å². The van der Waals surface area contributed by atoms with Gasteiger partial charge in [-0.15, -0.1) is 0 Å². The van der Waals surface area contributed by atoms with E-state index >= 15 is 0 Å². The van der Waals surface area contributed by atoms with Gasteiger partial charge in [0.15, 0.2) is 0 Å². The number of nitrogens with zero attached hydrogens (tertiary/aromatic N) is 3. The molecule has 0 saturated carbocycles. The highest BCUT2D eigenvalue weighted by molar-refractivity contribution is 9.10. The number of rotatable bonds is 4. The molecule has 1 aromatic heterocycles. The van der Waals surface area contributed by atoms with Crippen molar-refractivity contribution in [2.45, 2.75) is 25.8 Å². The van der Waals surface area contributed by atoms with E-state index in [0.29, 0.717) is 13.0 Å². The lowest BCUT2D eigenvalue weighted by Crippen LogP contribution is -2.25. The van der Waals surface area contributed by atoms with Gasteiger partial charge in [0.25, 0.3) is 0 Å². The first kappa shape index (κ1) is 19.1. The van der Waals surface area contributed by atoms with E-state index in [-0.39, 0.29) is 11.8 Å². The number of anilines is 1. The third kappa shape index (κ3) is 3.33. The van der Waals surface area contributed by atoms with Gasteiger partial charge in [-0.05, 0) is 58.2 Å². The van der Waals surface area contributed by atoms with Crippen LogP contribution in [0.2, 0.25) is 0 Å². The molecule has 0 N–H and O–H groups in total. The second-order valence-corrected chi connectivity index (χ2v) is 8.68. The molecule has 4 nitrogen and oxygen atoms in total. The number of hydrogen-bond donors (Lipinski definition) is 0. The van der Waals surface area contributed by atoms with Gasteiger partial charge in [0, 0.05) is 29.9 Å². The summed E-state index contributed by atoms with van der Waals surface area (Å²) in [7, 11) is 0. The summed E-state index contributed by atoms with van der Waals surface area (Å²) in [4.78, 5) is 19.8. The van der Waals surface area contributed by atoms with Gasteiger partial charge < -0.3 is 9.47 Å². The first-order valence-corrected chi connectivity index (χ1v) is 11.0. The lowest BCUT2D eigenvalue weighted by atomic mass is 10.1. The molecule has 1 saturated heterocycles. The van der Waals surface area contributed by atoms with Gasteiger partial charge in [0.1, 0.15) is 5.82 Å². The summed E-state index contributed by atoms with van der Waals surface area (Å²) in [5, 5.41) is 0. The minimum atomic E-state index is 0.0565. The number of aryl methyl sites for hydroxylation is 1. The van der Waals surface area contributed by atoms with E-state index in [9.17, 15) is 4.79 Å². The van der Waals surface area contributed by atoms with Gasteiger partial charge in [-0.2, -0.15) is 0 Å². The summed E-state index contributed by atoms with van der Waals surface area (Å²) >= 11 is 3.59. The van der Waals surface area contributed by atoms with Gasteiger partial charge >= 0.3 is 0 Å². The summed E-state index contributed by atoms with van der Waals surface area (Å²) in [5.41, 5.74) is 5.55. The van der Waals surface area contributed by atoms with Crippen LogP contribution < -0.4 is 4.90 Å². The average molecular weight is 460 g/mol. The number of aromatic nitrogens is 2. The van der Waals surface area contributed by atoms with Crippen molar-refractivity contribution < 1.29 is 4.79 Å². The Bertz CT molecular complexity index is 1250. The highest BCUT2D eigenvalue weighted by Crippen LogP contribution is 2.36. The number of carbonyl (C=O) groups excluding carboxylic acids is 1. The molecule has 0 unspecified atom stereocenters. The quantitative estimate of drug-likeness (QED) is 0.393. The average Bonchev–Trinajstić information content (AvgIpc) is 3.31. The normalized spacial score (nSPS) is 16.5. The van der Waals surface area contributed by atoms with E-state index in [1.165, 1.54) is 11.1 Å². The van der Waals surface area contributed by atoms with E-state index < -0.39 is 0 Å². The molecule has 30 heavy (non-hydrogen) atoms. The Morgan fingerprint density at radius 1 is 1.00 bits per heavy atom. The zero-order chi connectivity index (χ0) is 20.7. The van der Waals surface area contributed by atoms with Crippen LogP contribution in [-0.2, 0) is 11.3 Å². The van der Waals surface area contributed by atoms with Gasteiger partial charge in [-0.3, -0.25) is 4.79 Å². The molecule has 1 aliphatic heterocycles. The van der Waals surface area contributed by atoms with E-state index in [4.69, 9.17) is 4.98 Å². The molecular weight excluding hydrogens is 438 g/mol. The van der Waals surface area contributed by atoms with Crippen LogP contribution in [0.25, 0.3) is 11.0 Å². The molecule has 1 fully saturated rings. The molecule has 1 amide bonds. The fourth-order valence-electron chi connectivity index (χ4n) is 4.31. The van der Waals surface area contributed by atoms with Crippen LogP contribution >= 0.6 is 15.9 Å². The minimum absolute atomic E-state index is 0.0565. The predicted molar refractivity (Wildman–Crippen MR) is 124 cm³/mol. The molecule has 5 rings (SSSR count). The van der Waals surface area contributed by atoms with Crippen molar-refractivity contribution in [3.63, 3.8) is 0 Å². The predicted octanol–water partition coefficient (Wildman–Crippen LogP) is 5.68. The number of amides is 1. The molecule has 0 radical (unpaired) electrons. The van der Waals surface area contributed by atoms with Crippen molar-refractivity contribution in [2.24, 2.45) is 0 Å². The van der Waals surface area contributed by atoms with Crippen LogP contribution in [0.1, 0.15) is 29.3 Å². The first-order valence-electron chi connectivity index (χ1n) is 10.2. The number of benzene rings is 3. The van der Waals surface area contributed by atoms with Gasteiger partial charge in [0.05, 0.1) is 16.7 Å². The molecular formula is C25H22BrN3O. The maximum atomic E-state index is 12.9. The van der Waals surface area contributed by atoms with E-state index in [2.05, 4.69) is 69.9 Å². The fraction of sp³-hybridized carbons (Fsp3) is 0.200. The second-order valence-electron chi connectivity index (χ2n) is 7.83. The zero-order valence-electron chi connectivity index (χ0n) is 16.8. The van der Waals surface area contributed by atoms with Crippen LogP contribution in [0, 0.1) is 6.92 Å². The standard InChI is InChI=1S/C25H22BrN3O/c1-17-8-2-3-9-18(17)15-29-23-13-7-5-11-21(23)27-25(29)19-14-24(30)28(16-19)22-12-6-4-10-20(22)26/h2-13,19H,14-16H2,1H3/t19-/m1/s1. The zero-order valence-corrected chi connectivity index (χ0v) is 18.3. The van der Waals surface area contributed by atoms with Crippen molar-refractivity contribution in [2.75, 3.05) is 11.4 Å². The van der Waals surface area contributed by atoms with Crippen LogP contribution in [0.5, 0.6) is 0 Å². The second kappa shape index (κ2) is 7.73. The lowest BCUT2D eigenvalue weighted by Gasteiger charge is -2.19. The van der Waals surface area contributed by atoms with Crippen molar-refractivity contribution in [1.29, 1.82) is 0 Å². The maximum Gasteiger partial charge on any atom is 0.227 e. The summed E-state index contributed by atoms with van der Waals surface area (Å²) < 4.78 is 3.23. The SMILES string of the molecule is Cc1ccccc1Cn1c([C@@H]2CC(=O)N(c3ccccc3Br)C2)nc2ccccc21. The Kier molecular flexibility index (Phi) is 4.91. The van der Waals surface area contributed by atoms with Crippen molar-refractivity contribution >= 4 is 38.6 Å². The molecule has 150 valence electrons. The number of hydrogen-bond acceptors (Lipinski definition) is 2. The summed E-state index contributed by atoms with van der Waals surface area (Å²) in [6, 6.07) is 24.6. The largest absolute Gasteiger partial charge is 0.323 e. The topological polar surface area (TPSA) is 38.1 Å². The number of carbonyl (C=O) groups is 1. The Balaban J connectivity index is 1.55. The maximum absolute atomic E-state index is 12.9. The Morgan fingerprint density at radius 2 is 1.73 bits per heavy atom. The monoisotopic (exact) mass is 459 g/mol. The number of para-hydroxylation sites is 3. The minimum Gasteiger partial charge on any atom is -0.323 e. The lowest BCUT2D eigenvalue weighted by molar-refractivity contribution is -0.117. The third-order valence-corrected chi connectivity index (χ3v) is 6.58. The fourth-order valence-corrected chi connectivity index (χ4v) is 4.81. The van der Waals surface area contributed by atoms with Crippen molar-refractivity contribution in [3.05, 3.63) is 94.2 Å². The Hall–Kier alpha value is -2.92. The molecule has 0 aliphatic carbocycles. The first-order chi connectivity index (χ1) is 14.6. The summed E-state index contributed by atoms with van der Waals surface area (Å²) in [6.45, 7) is 3.53. The number of halogens is 1. The molecule has 4 aromatic rings. The van der Waals surface area contributed by atoms with Crippen LogP contribution in [0.4, 0.5) is 5.69 Å².